The van der Waals surface area contributed by atoms with Gasteiger partial charge in [0.25, 0.3) is 0 Å². The van der Waals surface area contributed by atoms with E-state index < -0.39 is 10.0 Å². The first-order chi connectivity index (χ1) is 10.0. The van der Waals surface area contributed by atoms with E-state index in [-0.39, 0.29) is 4.90 Å². The number of likely N-dealkylation sites (N-methyl/N-ethyl adjacent to an activating group) is 1. The summed E-state index contributed by atoms with van der Waals surface area (Å²) in [6, 6.07) is 2.10. The van der Waals surface area contributed by atoms with Gasteiger partial charge in [0.2, 0.25) is 10.0 Å². The zero-order valence-corrected chi connectivity index (χ0v) is 13.1. The normalized spacial score (nSPS) is 16.5. The molecule has 0 bridgehead atoms. The lowest BCUT2D eigenvalue weighted by molar-refractivity contribution is 0.250. The summed E-state index contributed by atoms with van der Waals surface area (Å²) < 4.78 is 27.1. The summed E-state index contributed by atoms with van der Waals surface area (Å²) in [5.74, 6) is 5.33. The van der Waals surface area contributed by atoms with Gasteiger partial charge in [-0.3, -0.25) is 10.8 Å². The number of sulfonamides is 1. The van der Waals surface area contributed by atoms with Gasteiger partial charge in [-0.1, -0.05) is 12.8 Å². The Morgan fingerprint density at radius 1 is 1.43 bits per heavy atom. The molecule has 0 atom stereocenters. The van der Waals surface area contributed by atoms with Gasteiger partial charge in [-0.05, 0) is 26.0 Å². The lowest BCUT2D eigenvalue weighted by atomic mass is 10.2. The summed E-state index contributed by atoms with van der Waals surface area (Å²) in [4.78, 5) is 6.13. The van der Waals surface area contributed by atoms with Gasteiger partial charge in [0.1, 0.15) is 4.90 Å². The Balaban J connectivity index is 1.92. The van der Waals surface area contributed by atoms with Gasteiger partial charge < -0.3 is 10.3 Å². The minimum absolute atomic E-state index is 0.0658. The fraction of sp³-hybridized carbons (Fsp3) is 0.615. The molecule has 2 rings (SSSR count). The van der Waals surface area contributed by atoms with E-state index in [2.05, 4.69) is 20.0 Å². The van der Waals surface area contributed by atoms with Crippen molar-refractivity contribution in [1.29, 1.82) is 0 Å². The number of nitrogens with zero attached hydrogens (tertiary/aromatic N) is 2. The Kier molecular flexibility index (Phi) is 5.51. The number of aromatic nitrogens is 1. The van der Waals surface area contributed by atoms with E-state index in [9.17, 15) is 8.42 Å². The van der Waals surface area contributed by atoms with Gasteiger partial charge in [0.15, 0.2) is 0 Å². The highest BCUT2D eigenvalue weighted by atomic mass is 32.2. The van der Waals surface area contributed by atoms with Crippen molar-refractivity contribution in [2.24, 2.45) is 5.84 Å². The molecular weight excluding hydrogens is 290 g/mol. The molecule has 0 aliphatic heterocycles. The van der Waals surface area contributed by atoms with Crippen LogP contribution in [0.1, 0.15) is 25.7 Å². The number of hydrazine groups is 1. The first-order valence-corrected chi connectivity index (χ1v) is 8.63. The lowest BCUT2D eigenvalue weighted by Gasteiger charge is -2.23. The van der Waals surface area contributed by atoms with Crippen LogP contribution < -0.4 is 16.0 Å². The van der Waals surface area contributed by atoms with Gasteiger partial charge >= 0.3 is 0 Å². The fourth-order valence-electron chi connectivity index (χ4n) is 2.68. The van der Waals surface area contributed by atoms with Gasteiger partial charge in [-0.25, -0.2) is 13.1 Å². The Hall–Kier alpha value is -1.22. The Morgan fingerprint density at radius 3 is 2.81 bits per heavy atom. The van der Waals surface area contributed by atoms with Gasteiger partial charge in [0.05, 0.1) is 5.69 Å². The fourth-order valence-corrected chi connectivity index (χ4v) is 3.81. The van der Waals surface area contributed by atoms with Crippen molar-refractivity contribution in [3.8, 4) is 0 Å². The van der Waals surface area contributed by atoms with Crippen molar-refractivity contribution in [2.75, 3.05) is 25.6 Å². The van der Waals surface area contributed by atoms with Crippen LogP contribution in [0.5, 0.6) is 0 Å². The molecule has 0 saturated heterocycles. The molecule has 0 radical (unpaired) electrons. The Bertz CT molecular complexity index is 557. The number of nitrogens with two attached hydrogens (primary N) is 1. The van der Waals surface area contributed by atoms with Crippen molar-refractivity contribution < 1.29 is 8.42 Å². The number of nitrogens with one attached hydrogen (secondary N) is 2. The number of hydrogen-bond donors (Lipinski definition) is 3. The maximum atomic E-state index is 12.2. The molecule has 0 aromatic carbocycles. The van der Waals surface area contributed by atoms with Crippen LogP contribution in [0.2, 0.25) is 0 Å². The predicted octanol–water partition coefficient (Wildman–Crippen LogP) is 0.520. The second-order valence-corrected chi connectivity index (χ2v) is 7.07. The first-order valence-electron chi connectivity index (χ1n) is 7.15. The zero-order valence-electron chi connectivity index (χ0n) is 12.2. The third-order valence-electron chi connectivity index (χ3n) is 3.93. The quantitative estimate of drug-likeness (QED) is 0.501. The molecule has 21 heavy (non-hydrogen) atoms. The lowest BCUT2D eigenvalue weighted by Crippen LogP contribution is -2.37. The zero-order chi connectivity index (χ0) is 15.3. The average molecular weight is 313 g/mol. The third kappa shape index (κ3) is 4.13. The van der Waals surface area contributed by atoms with Crippen LogP contribution in [0, 0.1) is 0 Å². The van der Waals surface area contributed by atoms with E-state index >= 15 is 0 Å². The molecule has 0 amide bonds. The van der Waals surface area contributed by atoms with Gasteiger partial charge in [-0.2, -0.15) is 0 Å². The molecule has 1 aliphatic carbocycles. The maximum Gasteiger partial charge on any atom is 0.244 e. The van der Waals surface area contributed by atoms with E-state index in [0.29, 0.717) is 24.8 Å². The standard InChI is InChI=1S/C13H23N5O2S/c1-18(11-4-2-3-5-11)9-8-16-21(19,20)13-10-15-7-6-12(13)17-14/h6-7,10-11,16H,2-5,8-9,14H2,1H3,(H,15,17). The summed E-state index contributed by atoms with van der Waals surface area (Å²) >= 11 is 0. The largest absolute Gasteiger partial charge is 0.323 e. The SMILES string of the molecule is CN(CCNS(=O)(=O)c1cnccc1NN)C1CCCC1. The Labute approximate surface area is 125 Å². The van der Waals surface area contributed by atoms with Crippen LogP contribution >= 0.6 is 0 Å². The van der Waals surface area contributed by atoms with Gasteiger partial charge in [-0.15, -0.1) is 0 Å². The van der Waals surface area contributed by atoms with Crippen LogP contribution in [-0.4, -0.2) is 44.5 Å². The minimum atomic E-state index is -3.60. The van der Waals surface area contributed by atoms with Crippen LogP contribution in [-0.2, 0) is 10.0 Å². The highest BCUT2D eigenvalue weighted by Crippen LogP contribution is 2.22. The third-order valence-corrected chi connectivity index (χ3v) is 5.42. The van der Waals surface area contributed by atoms with Crippen LogP contribution in [0.15, 0.2) is 23.4 Å². The monoisotopic (exact) mass is 313 g/mol. The number of hydrogen-bond acceptors (Lipinski definition) is 6. The molecule has 1 fully saturated rings. The van der Waals surface area contributed by atoms with Crippen molar-refractivity contribution >= 4 is 15.7 Å². The summed E-state index contributed by atoms with van der Waals surface area (Å²) in [6.07, 6.45) is 7.71. The van der Waals surface area contributed by atoms with Crippen molar-refractivity contribution in [3.63, 3.8) is 0 Å². The molecule has 4 N–H and O–H groups in total. The summed E-state index contributed by atoms with van der Waals surface area (Å²) in [5.41, 5.74) is 2.71. The molecule has 0 spiro atoms. The molecular formula is C13H23N5O2S. The topological polar surface area (TPSA) is 100 Å². The first kappa shape index (κ1) is 16.2. The molecule has 1 aliphatic rings. The molecule has 0 unspecified atom stereocenters. The number of nitrogen functional groups attached to an aromatic ring is 1. The van der Waals surface area contributed by atoms with E-state index in [1.54, 1.807) is 0 Å². The van der Waals surface area contributed by atoms with E-state index in [1.807, 2.05) is 7.05 Å². The number of pyridine rings is 1. The second kappa shape index (κ2) is 7.17. The van der Waals surface area contributed by atoms with Crippen LogP contribution in [0.25, 0.3) is 0 Å². The van der Waals surface area contributed by atoms with E-state index in [4.69, 9.17) is 5.84 Å². The minimum Gasteiger partial charge on any atom is -0.323 e. The molecule has 1 aromatic rings. The summed E-state index contributed by atoms with van der Waals surface area (Å²) in [7, 11) is -1.56. The molecule has 8 heteroatoms. The van der Waals surface area contributed by atoms with E-state index in [1.165, 1.54) is 44.1 Å². The van der Waals surface area contributed by atoms with E-state index in [0.717, 1.165) is 0 Å². The van der Waals surface area contributed by atoms with Crippen LogP contribution in [0.4, 0.5) is 5.69 Å². The molecule has 7 nitrogen and oxygen atoms in total. The average Bonchev–Trinajstić information content (AvgIpc) is 3.01. The second-order valence-electron chi connectivity index (χ2n) is 5.33. The maximum absolute atomic E-state index is 12.2. The summed E-state index contributed by atoms with van der Waals surface area (Å²) in [5, 5.41) is 0. The highest BCUT2D eigenvalue weighted by molar-refractivity contribution is 7.89. The highest BCUT2D eigenvalue weighted by Gasteiger charge is 2.21. The smallest absolute Gasteiger partial charge is 0.244 e. The van der Waals surface area contributed by atoms with Crippen molar-refractivity contribution in [1.82, 2.24) is 14.6 Å². The summed E-state index contributed by atoms with van der Waals surface area (Å²) in [6.45, 7) is 1.06. The molecule has 1 saturated carbocycles. The number of rotatable bonds is 7. The molecule has 1 aromatic heterocycles. The Morgan fingerprint density at radius 2 is 2.14 bits per heavy atom. The van der Waals surface area contributed by atoms with Gasteiger partial charge in [0, 0.05) is 31.5 Å². The number of anilines is 1. The van der Waals surface area contributed by atoms with Crippen molar-refractivity contribution in [2.45, 2.75) is 36.6 Å². The molecule has 118 valence electrons. The van der Waals surface area contributed by atoms with Crippen LogP contribution in [0.3, 0.4) is 0 Å². The predicted molar refractivity (Wildman–Crippen MR) is 82.1 cm³/mol. The molecule has 1 heterocycles. The van der Waals surface area contributed by atoms with Crippen molar-refractivity contribution in [3.05, 3.63) is 18.5 Å².